The van der Waals surface area contributed by atoms with Gasteiger partial charge in [0.05, 0.1) is 4.70 Å². The molecule has 266 valence electrons. The summed E-state index contributed by atoms with van der Waals surface area (Å²) in [5.74, 6) is 1.07. The Morgan fingerprint density at radius 1 is 0.267 bits per heavy atom. The van der Waals surface area contributed by atoms with Gasteiger partial charge in [-0.3, -0.25) is 4.57 Å². The predicted octanol–water partition coefficient (Wildman–Crippen LogP) is -26.9. The minimum atomic E-state index is 1.07. The van der Waals surface area contributed by atoms with Crippen LogP contribution in [0, 0.1) is 0 Å². The second-order valence-corrected chi connectivity index (χ2v) is 20.0. The molecule has 0 fully saturated rings. The predicted molar refractivity (Wildman–Crippen MR) is 338 cm³/mol. The summed E-state index contributed by atoms with van der Waals surface area (Å²) in [5.41, 5.74) is 35.2. The van der Waals surface area contributed by atoms with E-state index in [9.17, 15) is 0 Å². The average molecular weight is 764 g/mol. The molecule has 0 atom stereocenters. The summed E-state index contributed by atoms with van der Waals surface area (Å²) in [6.07, 6.45) is 0. The summed E-state index contributed by atoms with van der Waals surface area (Å²) in [4.78, 5) is 5.67. The Balaban J connectivity index is 1.54. The van der Waals surface area contributed by atoms with Crippen LogP contribution in [0.4, 0.5) is 0 Å². The molecule has 0 amide bonds. The van der Waals surface area contributed by atoms with E-state index in [4.69, 9.17) is 4.98 Å². The maximum Gasteiger partial charge on any atom is 0.163 e. The molecule has 0 unspecified atom stereocenters. The third kappa shape index (κ3) is 4.99. The maximum absolute atomic E-state index is 5.67. The largest absolute Gasteiger partial charge is 0.312 e. The highest BCUT2D eigenvalue weighted by Crippen LogP contribution is 2.37. The topological polar surface area (TPSA) is 22.8 Å². The van der Waals surface area contributed by atoms with Crippen molar-refractivity contribution in [2.45, 2.75) is 0 Å². The van der Waals surface area contributed by atoms with Crippen molar-refractivity contribution >= 4 is 355 Å². The van der Waals surface area contributed by atoms with Gasteiger partial charge in [-0.05, 0) is 37.9 Å². The molecule has 25 heteroatoms. The van der Waals surface area contributed by atoms with Crippen LogP contribution in [0.15, 0.2) is 0 Å². The zero-order chi connectivity index (χ0) is 43.8. The van der Waals surface area contributed by atoms with Crippen molar-refractivity contribution in [1.82, 2.24) is 14.1 Å². The standard InChI is InChI=1S/C35H42B21N3S/c36-7-1-2-8(37)14(43)18(47)22(51)28(2)58(27(1)21(50)17(46)13(7)42)31-11(40)5-6-12(41)34(56)57-35(33(6)60-32(5)26(55)25(31)54)59-29-3(9(38)15(44)19(48)23(29)52)4-10(39)16(45)20(49)24(53)30(4)59/h36-56H2. The molecule has 0 bridgehead atoms. The van der Waals surface area contributed by atoms with Gasteiger partial charge in [0.25, 0.3) is 0 Å². The van der Waals surface area contributed by atoms with Gasteiger partial charge in [0.15, 0.2) is 13.7 Å². The van der Waals surface area contributed by atoms with Gasteiger partial charge in [-0.25, -0.2) is 4.98 Å². The Bertz CT molecular complexity index is 3410. The second kappa shape index (κ2) is 13.7. The van der Waals surface area contributed by atoms with Crippen LogP contribution >= 0.6 is 11.3 Å². The molecule has 9 aromatic rings. The molecule has 3 nitrogen and oxygen atoms in total. The normalized spacial score (nSPS) is 12.1. The van der Waals surface area contributed by atoms with Crippen LogP contribution in [0.25, 0.3) is 75.3 Å². The number of aromatic nitrogens is 3. The fourth-order valence-corrected chi connectivity index (χ4v) is 12.9. The van der Waals surface area contributed by atoms with Gasteiger partial charge in [0, 0.05) is 32.5 Å². The average Bonchev–Trinajstić information content (AvgIpc) is 3.91. The second-order valence-electron chi connectivity index (χ2n) is 18.9. The van der Waals surface area contributed by atoms with E-state index in [-0.39, 0.29) is 0 Å². The highest BCUT2D eigenvalue weighted by molar-refractivity contribution is 7.28. The van der Waals surface area contributed by atoms with Crippen LogP contribution in [-0.2, 0) is 0 Å². The van der Waals surface area contributed by atoms with Crippen LogP contribution in [0.1, 0.15) is 0 Å². The van der Waals surface area contributed by atoms with Crippen molar-refractivity contribution in [2.75, 3.05) is 0 Å². The first-order valence-corrected chi connectivity index (χ1v) is 22.8. The molecule has 0 aliphatic rings. The monoisotopic (exact) mass is 768 g/mol. The Morgan fingerprint density at radius 3 is 0.950 bits per heavy atom. The van der Waals surface area contributed by atoms with Crippen molar-refractivity contribution in [2.24, 2.45) is 0 Å². The fraction of sp³-hybridized carbons (Fsp3) is 0. The summed E-state index contributed by atoms with van der Waals surface area (Å²) in [6.45, 7) is 0. The lowest BCUT2D eigenvalue weighted by Crippen LogP contribution is -2.49. The molecular formula is C35H42B21N3S. The maximum atomic E-state index is 5.67. The molecule has 9 rings (SSSR count). The zero-order valence-electron chi connectivity index (χ0n) is 40.2. The molecule has 0 spiro atoms. The Kier molecular flexibility index (Phi) is 9.55. The van der Waals surface area contributed by atoms with E-state index >= 15 is 0 Å². The summed E-state index contributed by atoms with van der Waals surface area (Å²) < 4.78 is 7.96. The number of nitrogens with zero attached hydrogens (tertiary/aromatic N) is 3. The summed E-state index contributed by atoms with van der Waals surface area (Å²) in [6, 6.07) is 0. The van der Waals surface area contributed by atoms with Crippen LogP contribution in [0.2, 0.25) is 0 Å². The number of thiophene rings is 1. The molecule has 0 saturated carbocycles. The van der Waals surface area contributed by atoms with Gasteiger partial charge >= 0.3 is 0 Å². The third-order valence-electron chi connectivity index (χ3n) is 16.7. The number of pyridine rings is 1. The number of benzene rings is 5. The van der Waals surface area contributed by atoms with E-state index < -0.39 is 0 Å². The molecule has 5 aromatic carbocycles. The highest BCUT2D eigenvalue weighted by atomic mass is 32.1. The first-order valence-electron chi connectivity index (χ1n) is 21.9. The van der Waals surface area contributed by atoms with Crippen molar-refractivity contribution in [1.29, 1.82) is 0 Å². The first kappa shape index (κ1) is 41.8. The summed E-state index contributed by atoms with van der Waals surface area (Å²) in [7, 11) is 49.0. The van der Waals surface area contributed by atoms with E-state index in [0.717, 1.165) is 11.4 Å². The molecule has 0 N–H and O–H groups in total. The third-order valence-corrected chi connectivity index (χ3v) is 18.0. The number of hydrogen-bond donors (Lipinski definition) is 0. The molecule has 4 aromatic heterocycles. The molecular weight excluding hydrogens is 722 g/mol. The minimum absolute atomic E-state index is 1.07. The fourth-order valence-electron chi connectivity index (χ4n) is 11.4. The molecule has 0 radical (unpaired) electrons. The van der Waals surface area contributed by atoms with Gasteiger partial charge in [-0.1, -0.05) is 87.4 Å². The Hall–Kier alpha value is -3.57. The molecule has 0 saturated heterocycles. The van der Waals surface area contributed by atoms with E-state index in [2.05, 4.69) is 174 Å². The molecule has 60 heavy (non-hydrogen) atoms. The zero-order valence-corrected chi connectivity index (χ0v) is 41.1. The van der Waals surface area contributed by atoms with Crippen molar-refractivity contribution < 1.29 is 0 Å². The minimum Gasteiger partial charge on any atom is -0.312 e. The molecule has 4 heterocycles. The Morgan fingerprint density at radius 2 is 0.583 bits per heavy atom. The van der Waals surface area contributed by atoms with E-state index in [1.54, 1.807) is 0 Å². The lowest BCUT2D eigenvalue weighted by Gasteiger charge is -2.23. The lowest BCUT2D eigenvalue weighted by atomic mass is 9.63. The number of fused-ring (bicyclic) bond motifs is 9. The van der Waals surface area contributed by atoms with E-state index in [1.807, 2.05) is 11.3 Å². The van der Waals surface area contributed by atoms with E-state index in [1.165, 1.54) is 179 Å². The van der Waals surface area contributed by atoms with E-state index in [0.29, 0.717) is 0 Å². The van der Waals surface area contributed by atoms with Crippen LogP contribution < -0.4 is 115 Å². The summed E-state index contributed by atoms with van der Waals surface area (Å²) in [5, 5.41) is 8.33. The van der Waals surface area contributed by atoms with Crippen LogP contribution in [0.3, 0.4) is 0 Å². The number of hydrogen-bond acceptors (Lipinski definition) is 2. The number of rotatable bonds is 2. The van der Waals surface area contributed by atoms with Gasteiger partial charge < -0.3 is 4.57 Å². The quantitative estimate of drug-likeness (QED) is 0.161. The lowest BCUT2D eigenvalue weighted by molar-refractivity contribution is 1.13. The Labute approximate surface area is 378 Å². The van der Waals surface area contributed by atoms with Gasteiger partial charge in [-0.2, -0.15) is 0 Å². The van der Waals surface area contributed by atoms with Gasteiger partial charge in [-0.15, -0.1) is 33.2 Å². The van der Waals surface area contributed by atoms with Gasteiger partial charge in [0.1, 0.15) is 157 Å². The SMILES string of the molecule is Bc1nc(-n2c3c(B)c(B)c(B)c(B)c3c3c(B)c(B)c(B)c(B)c32)c2sc3c(B)c(B)c(-n4c5c(B)c(B)c(B)c(B)c5c5c(B)c(B)c(B)c(B)c54)c(B)c3c2c1B. The van der Waals surface area contributed by atoms with Crippen molar-refractivity contribution in [3.8, 4) is 11.5 Å². The first-order chi connectivity index (χ1) is 28.1. The van der Waals surface area contributed by atoms with Crippen LogP contribution in [0.5, 0.6) is 0 Å². The summed E-state index contributed by atoms with van der Waals surface area (Å²) >= 11 is 1.96. The van der Waals surface area contributed by atoms with Gasteiger partial charge in [0.2, 0.25) is 0 Å². The van der Waals surface area contributed by atoms with Crippen molar-refractivity contribution in [3.63, 3.8) is 0 Å². The highest BCUT2D eigenvalue weighted by Gasteiger charge is 2.30. The van der Waals surface area contributed by atoms with Crippen molar-refractivity contribution in [3.05, 3.63) is 0 Å². The molecule has 0 aliphatic carbocycles. The smallest absolute Gasteiger partial charge is 0.163 e. The van der Waals surface area contributed by atoms with Crippen LogP contribution in [-0.4, -0.2) is 179 Å². The molecule has 0 aliphatic heterocycles.